The highest BCUT2D eigenvalue weighted by Crippen LogP contribution is 2.18. The predicted octanol–water partition coefficient (Wildman–Crippen LogP) is 3.06. The number of nitrogens with one attached hydrogen (secondary N) is 1. The molecule has 4 nitrogen and oxygen atoms in total. The monoisotopic (exact) mass is 278 g/mol. The van der Waals surface area contributed by atoms with E-state index >= 15 is 0 Å². The van der Waals surface area contributed by atoms with Gasteiger partial charge in [0.2, 0.25) is 0 Å². The number of halogens is 1. The van der Waals surface area contributed by atoms with Gasteiger partial charge in [0.1, 0.15) is 0 Å². The minimum atomic E-state index is 0.382. The molecule has 2 rings (SSSR count). The van der Waals surface area contributed by atoms with Crippen LogP contribution >= 0.6 is 11.6 Å². The minimum absolute atomic E-state index is 0.382. The van der Waals surface area contributed by atoms with Gasteiger partial charge >= 0.3 is 0 Å². The average molecular weight is 279 g/mol. The molecule has 2 aromatic rings. The van der Waals surface area contributed by atoms with Crippen molar-refractivity contribution in [1.29, 1.82) is 0 Å². The smallest absolute Gasteiger partial charge is 0.0692 e. The molecule has 0 amide bonds. The van der Waals surface area contributed by atoms with Crippen LogP contribution < -0.4 is 5.32 Å². The van der Waals surface area contributed by atoms with E-state index in [0.717, 1.165) is 31.0 Å². The van der Waals surface area contributed by atoms with Gasteiger partial charge in [-0.2, -0.15) is 0 Å². The van der Waals surface area contributed by atoms with Gasteiger partial charge in [-0.25, -0.2) is 0 Å². The SMILES string of the molecule is CCC(NCCCn1ccnn1)c1ccc(Cl)cc1. The lowest BCUT2D eigenvalue weighted by Gasteiger charge is -2.17. The summed E-state index contributed by atoms with van der Waals surface area (Å²) in [7, 11) is 0. The summed E-state index contributed by atoms with van der Waals surface area (Å²) < 4.78 is 1.85. The van der Waals surface area contributed by atoms with Crippen LogP contribution in [-0.4, -0.2) is 21.5 Å². The van der Waals surface area contributed by atoms with Crippen molar-refractivity contribution in [1.82, 2.24) is 20.3 Å². The number of nitrogens with zero attached hydrogens (tertiary/aromatic N) is 3. The van der Waals surface area contributed by atoms with Gasteiger partial charge in [-0.3, -0.25) is 4.68 Å². The van der Waals surface area contributed by atoms with E-state index in [1.165, 1.54) is 5.56 Å². The Hall–Kier alpha value is -1.39. The van der Waals surface area contributed by atoms with Gasteiger partial charge in [0.05, 0.1) is 6.20 Å². The molecular formula is C14H19ClN4. The normalized spacial score (nSPS) is 12.5. The molecule has 1 heterocycles. The van der Waals surface area contributed by atoms with Crippen LogP contribution in [0.2, 0.25) is 5.02 Å². The first-order chi connectivity index (χ1) is 9.29. The van der Waals surface area contributed by atoms with Crippen LogP contribution in [0.25, 0.3) is 0 Å². The molecule has 102 valence electrons. The maximum atomic E-state index is 5.91. The van der Waals surface area contributed by atoms with Crippen LogP contribution in [0.15, 0.2) is 36.7 Å². The molecular weight excluding hydrogens is 260 g/mol. The van der Waals surface area contributed by atoms with Gasteiger partial charge in [0.15, 0.2) is 0 Å². The first-order valence-electron chi connectivity index (χ1n) is 6.62. The zero-order valence-corrected chi connectivity index (χ0v) is 11.8. The van der Waals surface area contributed by atoms with E-state index in [4.69, 9.17) is 11.6 Å². The van der Waals surface area contributed by atoms with E-state index < -0.39 is 0 Å². The average Bonchev–Trinajstić information content (AvgIpc) is 2.93. The number of aromatic nitrogens is 3. The van der Waals surface area contributed by atoms with Crippen LogP contribution in [0.3, 0.4) is 0 Å². The van der Waals surface area contributed by atoms with Crippen molar-refractivity contribution in [3.8, 4) is 0 Å². The Labute approximate surface area is 118 Å². The Morgan fingerprint density at radius 2 is 2.11 bits per heavy atom. The van der Waals surface area contributed by atoms with Crippen LogP contribution in [0.1, 0.15) is 31.4 Å². The summed E-state index contributed by atoms with van der Waals surface area (Å²) in [4.78, 5) is 0. The minimum Gasteiger partial charge on any atom is -0.310 e. The largest absolute Gasteiger partial charge is 0.310 e. The fraction of sp³-hybridized carbons (Fsp3) is 0.429. The van der Waals surface area contributed by atoms with Gasteiger partial charge < -0.3 is 5.32 Å². The Morgan fingerprint density at radius 3 is 2.74 bits per heavy atom. The molecule has 1 aromatic carbocycles. The van der Waals surface area contributed by atoms with Crippen molar-refractivity contribution in [2.75, 3.05) is 6.54 Å². The number of benzene rings is 1. The first-order valence-corrected chi connectivity index (χ1v) is 7.00. The van der Waals surface area contributed by atoms with Gasteiger partial charge in [0, 0.05) is 23.8 Å². The van der Waals surface area contributed by atoms with Crippen molar-refractivity contribution in [2.24, 2.45) is 0 Å². The van der Waals surface area contributed by atoms with Gasteiger partial charge in [0.25, 0.3) is 0 Å². The van der Waals surface area contributed by atoms with E-state index in [0.29, 0.717) is 6.04 Å². The lowest BCUT2D eigenvalue weighted by atomic mass is 10.0. The molecule has 1 N–H and O–H groups in total. The zero-order valence-electron chi connectivity index (χ0n) is 11.1. The molecule has 0 radical (unpaired) electrons. The third kappa shape index (κ3) is 4.33. The van der Waals surface area contributed by atoms with E-state index in [9.17, 15) is 0 Å². The number of aryl methyl sites for hydroxylation is 1. The zero-order chi connectivity index (χ0) is 13.5. The van der Waals surface area contributed by atoms with Crippen molar-refractivity contribution >= 4 is 11.6 Å². The standard InChI is InChI=1S/C14H19ClN4/c1-2-14(12-4-6-13(15)7-5-12)16-8-3-10-19-11-9-17-18-19/h4-7,9,11,14,16H,2-3,8,10H2,1H3. The van der Waals surface area contributed by atoms with Crippen LogP contribution in [0.5, 0.6) is 0 Å². The van der Waals surface area contributed by atoms with E-state index in [-0.39, 0.29) is 0 Å². The Bertz CT molecular complexity index is 467. The molecule has 0 aliphatic rings. The van der Waals surface area contributed by atoms with Crippen molar-refractivity contribution in [3.63, 3.8) is 0 Å². The van der Waals surface area contributed by atoms with Crippen molar-refractivity contribution in [3.05, 3.63) is 47.2 Å². The maximum absolute atomic E-state index is 5.91. The van der Waals surface area contributed by atoms with E-state index in [1.54, 1.807) is 6.20 Å². The summed E-state index contributed by atoms with van der Waals surface area (Å²) in [6, 6.07) is 8.43. The Balaban J connectivity index is 1.77. The van der Waals surface area contributed by atoms with E-state index in [1.807, 2.05) is 23.0 Å². The van der Waals surface area contributed by atoms with Crippen LogP contribution in [-0.2, 0) is 6.54 Å². The molecule has 1 unspecified atom stereocenters. The molecule has 0 fully saturated rings. The number of hydrogen-bond acceptors (Lipinski definition) is 3. The fourth-order valence-corrected chi connectivity index (χ4v) is 2.19. The third-order valence-electron chi connectivity index (χ3n) is 3.11. The summed E-state index contributed by atoms with van der Waals surface area (Å²) in [6.45, 7) is 4.04. The van der Waals surface area contributed by atoms with Crippen LogP contribution in [0.4, 0.5) is 0 Å². The number of hydrogen-bond donors (Lipinski definition) is 1. The van der Waals surface area contributed by atoms with Gasteiger partial charge in [-0.15, -0.1) is 5.10 Å². The molecule has 1 atom stereocenters. The highest BCUT2D eigenvalue weighted by molar-refractivity contribution is 6.30. The van der Waals surface area contributed by atoms with Crippen molar-refractivity contribution < 1.29 is 0 Å². The second kappa shape index (κ2) is 7.26. The van der Waals surface area contributed by atoms with Gasteiger partial charge in [-0.05, 0) is 37.1 Å². The molecule has 19 heavy (non-hydrogen) atoms. The molecule has 5 heteroatoms. The summed E-state index contributed by atoms with van der Waals surface area (Å²) in [5, 5.41) is 12.1. The predicted molar refractivity (Wildman–Crippen MR) is 77.1 cm³/mol. The summed E-state index contributed by atoms with van der Waals surface area (Å²) in [5.41, 5.74) is 1.28. The summed E-state index contributed by atoms with van der Waals surface area (Å²) >= 11 is 5.91. The Kier molecular flexibility index (Phi) is 5.36. The molecule has 0 bridgehead atoms. The highest BCUT2D eigenvalue weighted by Gasteiger charge is 2.07. The molecule has 0 saturated heterocycles. The highest BCUT2D eigenvalue weighted by atomic mass is 35.5. The van der Waals surface area contributed by atoms with E-state index in [2.05, 4.69) is 34.7 Å². The molecule has 0 aliphatic heterocycles. The second-order valence-corrected chi connectivity index (χ2v) is 4.92. The van der Waals surface area contributed by atoms with Crippen LogP contribution in [0, 0.1) is 0 Å². The fourth-order valence-electron chi connectivity index (χ4n) is 2.06. The quantitative estimate of drug-likeness (QED) is 0.792. The van der Waals surface area contributed by atoms with Gasteiger partial charge in [-0.1, -0.05) is 35.9 Å². The molecule has 0 saturated carbocycles. The first kappa shape index (κ1) is 14.0. The third-order valence-corrected chi connectivity index (χ3v) is 3.36. The lowest BCUT2D eigenvalue weighted by Crippen LogP contribution is -2.22. The van der Waals surface area contributed by atoms with Crippen molar-refractivity contribution in [2.45, 2.75) is 32.4 Å². The summed E-state index contributed by atoms with van der Waals surface area (Å²) in [5.74, 6) is 0. The maximum Gasteiger partial charge on any atom is 0.0692 e. The molecule has 0 aliphatic carbocycles. The number of rotatable bonds is 7. The second-order valence-electron chi connectivity index (χ2n) is 4.49. The summed E-state index contributed by atoms with van der Waals surface area (Å²) in [6.07, 6.45) is 5.69. The molecule has 0 spiro atoms. The molecule has 1 aromatic heterocycles. The lowest BCUT2D eigenvalue weighted by molar-refractivity contribution is 0.475. The topological polar surface area (TPSA) is 42.7 Å². The Morgan fingerprint density at radius 1 is 1.32 bits per heavy atom.